The molecule has 0 bridgehead atoms. The molecule has 0 aliphatic heterocycles. The van der Waals surface area contributed by atoms with Crippen LogP contribution in [0.15, 0.2) is 42.7 Å². The van der Waals surface area contributed by atoms with Gasteiger partial charge in [-0.15, -0.1) is 0 Å². The average molecular weight is 267 g/mol. The third kappa shape index (κ3) is 3.19. The van der Waals surface area contributed by atoms with Crippen LogP contribution >= 0.6 is 23.2 Å². The molecule has 0 fully saturated rings. The van der Waals surface area contributed by atoms with E-state index in [2.05, 4.69) is 10.3 Å². The van der Waals surface area contributed by atoms with E-state index in [4.69, 9.17) is 23.2 Å². The lowest BCUT2D eigenvalue weighted by atomic mass is 10.2. The quantitative estimate of drug-likeness (QED) is 0.902. The smallest absolute Gasteiger partial charge is 0.257 e. The van der Waals surface area contributed by atoms with Crippen LogP contribution in [0.4, 0.5) is 5.69 Å². The van der Waals surface area contributed by atoms with Gasteiger partial charge in [0.2, 0.25) is 0 Å². The third-order valence-corrected chi connectivity index (χ3v) is 2.49. The van der Waals surface area contributed by atoms with Crippen molar-refractivity contribution in [3.05, 3.63) is 58.3 Å². The lowest BCUT2D eigenvalue weighted by Crippen LogP contribution is -2.11. The minimum Gasteiger partial charge on any atom is -0.322 e. The molecule has 1 aromatic heterocycles. The van der Waals surface area contributed by atoms with E-state index in [1.807, 2.05) is 0 Å². The van der Waals surface area contributed by atoms with E-state index in [-0.39, 0.29) is 5.91 Å². The van der Waals surface area contributed by atoms with E-state index in [9.17, 15) is 4.79 Å². The zero-order valence-corrected chi connectivity index (χ0v) is 10.2. The van der Waals surface area contributed by atoms with E-state index in [1.165, 1.54) is 12.4 Å². The highest BCUT2D eigenvalue weighted by molar-refractivity contribution is 6.31. The van der Waals surface area contributed by atoms with Gasteiger partial charge in [-0.3, -0.25) is 9.78 Å². The Kier molecular flexibility index (Phi) is 3.61. The number of pyridine rings is 1. The summed E-state index contributed by atoms with van der Waals surface area (Å²) in [6.07, 6.45) is 2.92. The number of carbonyl (C=O) groups is 1. The fourth-order valence-electron chi connectivity index (χ4n) is 1.31. The van der Waals surface area contributed by atoms with Gasteiger partial charge in [-0.05, 0) is 24.3 Å². The van der Waals surface area contributed by atoms with Gasteiger partial charge in [-0.2, -0.15) is 0 Å². The Bertz CT molecular complexity index is 558. The third-order valence-electron chi connectivity index (χ3n) is 2.05. The summed E-state index contributed by atoms with van der Waals surface area (Å²) in [5.74, 6) is -0.276. The zero-order chi connectivity index (χ0) is 12.3. The molecule has 0 aliphatic rings. The largest absolute Gasteiger partial charge is 0.322 e. The Labute approximate surface area is 108 Å². The maximum Gasteiger partial charge on any atom is 0.257 e. The molecule has 0 atom stereocenters. The second kappa shape index (κ2) is 5.17. The average Bonchev–Trinajstić information content (AvgIpc) is 2.29. The molecule has 1 N–H and O–H groups in total. The second-order valence-electron chi connectivity index (χ2n) is 3.36. The molecular formula is C12H8Cl2N2O. The first-order chi connectivity index (χ1) is 8.15. The standard InChI is InChI=1S/C12H8Cl2N2O/c13-9-2-1-3-11(5-9)16-12(17)8-4-10(14)7-15-6-8/h1-7H,(H,16,17). The van der Waals surface area contributed by atoms with Gasteiger partial charge in [-0.1, -0.05) is 29.3 Å². The summed E-state index contributed by atoms with van der Waals surface area (Å²) < 4.78 is 0. The topological polar surface area (TPSA) is 42.0 Å². The monoisotopic (exact) mass is 266 g/mol. The Morgan fingerprint density at radius 1 is 1.12 bits per heavy atom. The molecule has 3 nitrogen and oxygen atoms in total. The first-order valence-corrected chi connectivity index (χ1v) is 5.58. The second-order valence-corrected chi connectivity index (χ2v) is 4.23. The van der Waals surface area contributed by atoms with Gasteiger partial charge >= 0.3 is 0 Å². The van der Waals surface area contributed by atoms with Crippen molar-refractivity contribution in [2.45, 2.75) is 0 Å². The lowest BCUT2D eigenvalue weighted by molar-refractivity contribution is 0.102. The number of rotatable bonds is 2. The van der Waals surface area contributed by atoms with Gasteiger partial charge < -0.3 is 5.32 Å². The van der Waals surface area contributed by atoms with Crippen LogP contribution in [0.25, 0.3) is 0 Å². The number of amides is 1. The molecule has 0 radical (unpaired) electrons. The maximum atomic E-state index is 11.8. The molecule has 1 heterocycles. The predicted molar refractivity (Wildman–Crippen MR) is 68.7 cm³/mol. The number of nitrogens with zero attached hydrogens (tertiary/aromatic N) is 1. The Morgan fingerprint density at radius 3 is 2.65 bits per heavy atom. The summed E-state index contributed by atoms with van der Waals surface area (Å²) in [7, 11) is 0. The zero-order valence-electron chi connectivity index (χ0n) is 8.65. The van der Waals surface area contributed by atoms with Crippen molar-refractivity contribution in [2.75, 3.05) is 5.32 Å². The summed E-state index contributed by atoms with van der Waals surface area (Å²) in [6, 6.07) is 8.46. The van der Waals surface area contributed by atoms with Crippen molar-refractivity contribution in [3.63, 3.8) is 0 Å². The number of hydrogen-bond donors (Lipinski definition) is 1. The van der Waals surface area contributed by atoms with Crippen molar-refractivity contribution in [2.24, 2.45) is 0 Å². The predicted octanol–water partition coefficient (Wildman–Crippen LogP) is 3.64. The number of halogens is 2. The van der Waals surface area contributed by atoms with Gasteiger partial charge in [0.1, 0.15) is 0 Å². The van der Waals surface area contributed by atoms with Crippen molar-refractivity contribution in [3.8, 4) is 0 Å². The molecule has 0 saturated carbocycles. The summed E-state index contributed by atoms with van der Waals surface area (Å²) in [4.78, 5) is 15.7. The summed E-state index contributed by atoms with van der Waals surface area (Å²) >= 11 is 11.6. The van der Waals surface area contributed by atoms with Crippen molar-refractivity contribution < 1.29 is 4.79 Å². The van der Waals surface area contributed by atoms with Crippen LogP contribution in [0, 0.1) is 0 Å². The molecule has 86 valence electrons. The summed E-state index contributed by atoms with van der Waals surface area (Å²) in [6.45, 7) is 0. The summed E-state index contributed by atoms with van der Waals surface area (Å²) in [5.41, 5.74) is 1.03. The van der Waals surface area contributed by atoms with Crippen LogP contribution in [0.1, 0.15) is 10.4 Å². The molecule has 0 unspecified atom stereocenters. The molecule has 5 heteroatoms. The van der Waals surface area contributed by atoms with Crippen LogP contribution in [0.3, 0.4) is 0 Å². The molecule has 1 amide bonds. The number of benzene rings is 1. The highest BCUT2D eigenvalue weighted by Gasteiger charge is 2.07. The molecule has 2 aromatic rings. The number of anilines is 1. The van der Waals surface area contributed by atoms with Crippen LogP contribution in [0.5, 0.6) is 0 Å². The Balaban J connectivity index is 2.17. The molecule has 0 spiro atoms. The van der Waals surface area contributed by atoms with Crippen LogP contribution in [-0.4, -0.2) is 10.9 Å². The fraction of sp³-hybridized carbons (Fsp3) is 0. The van der Waals surface area contributed by atoms with Gasteiger partial charge in [-0.25, -0.2) is 0 Å². The van der Waals surface area contributed by atoms with Gasteiger partial charge in [0.15, 0.2) is 0 Å². The van der Waals surface area contributed by atoms with E-state index < -0.39 is 0 Å². The number of carbonyl (C=O) groups excluding carboxylic acids is 1. The minimum absolute atomic E-state index is 0.276. The van der Waals surface area contributed by atoms with Gasteiger partial charge in [0.05, 0.1) is 10.6 Å². The number of aromatic nitrogens is 1. The minimum atomic E-state index is -0.276. The van der Waals surface area contributed by atoms with E-state index >= 15 is 0 Å². The molecule has 2 rings (SSSR count). The number of hydrogen-bond acceptors (Lipinski definition) is 2. The SMILES string of the molecule is O=C(Nc1cccc(Cl)c1)c1cncc(Cl)c1. The van der Waals surface area contributed by atoms with Crippen molar-refractivity contribution >= 4 is 34.8 Å². The molecule has 1 aromatic carbocycles. The first kappa shape index (κ1) is 11.9. The van der Waals surface area contributed by atoms with Crippen LogP contribution in [-0.2, 0) is 0 Å². The van der Waals surface area contributed by atoms with Crippen molar-refractivity contribution in [1.82, 2.24) is 4.98 Å². The number of nitrogens with one attached hydrogen (secondary N) is 1. The molecule has 0 aliphatic carbocycles. The first-order valence-electron chi connectivity index (χ1n) is 4.82. The van der Waals surface area contributed by atoms with Crippen molar-refractivity contribution in [1.29, 1.82) is 0 Å². The van der Waals surface area contributed by atoms with Crippen LogP contribution < -0.4 is 5.32 Å². The molecule has 0 saturated heterocycles. The molecule has 17 heavy (non-hydrogen) atoms. The Morgan fingerprint density at radius 2 is 1.94 bits per heavy atom. The maximum absolute atomic E-state index is 11.8. The fourth-order valence-corrected chi connectivity index (χ4v) is 1.67. The molecular weight excluding hydrogens is 259 g/mol. The van der Waals surface area contributed by atoms with Gasteiger partial charge in [0.25, 0.3) is 5.91 Å². The summed E-state index contributed by atoms with van der Waals surface area (Å²) in [5, 5.41) is 3.69. The van der Waals surface area contributed by atoms with E-state index in [1.54, 1.807) is 30.3 Å². The highest BCUT2D eigenvalue weighted by Crippen LogP contribution is 2.16. The van der Waals surface area contributed by atoms with Gasteiger partial charge in [0, 0.05) is 23.1 Å². The lowest BCUT2D eigenvalue weighted by Gasteiger charge is -2.05. The Hall–Kier alpha value is -1.58. The normalized spacial score (nSPS) is 10.0. The highest BCUT2D eigenvalue weighted by atomic mass is 35.5. The van der Waals surface area contributed by atoms with Crippen LogP contribution in [0.2, 0.25) is 10.0 Å². The van der Waals surface area contributed by atoms with E-state index in [0.29, 0.717) is 21.3 Å². The van der Waals surface area contributed by atoms with E-state index in [0.717, 1.165) is 0 Å².